The third kappa shape index (κ3) is 5.47. The van der Waals surface area contributed by atoms with E-state index < -0.39 is 13.3 Å². The van der Waals surface area contributed by atoms with E-state index >= 15 is 0 Å². The number of hydrogen-bond acceptors (Lipinski definition) is 0. The van der Waals surface area contributed by atoms with Gasteiger partial charge in [-0.05, 0) is 0 Å². The molecule has 2 rings (SSSR count). The quantitative estimate of drug-likeness (QED) is 0.423. The van der Waals surface area contributed by atoms with Crippen LogP contribution in [0.15, 0.2) is 30.5 Å². The molecule has 0 unspecified atom stereocenters. The molecule has 0 amide bonds. The molecule has 0 atom stereocenters. The molecular formula is C25H40GeN+. The number of hydrogen-bond donors (Lipinski definition) is 0. The monoisotopic (exact) mass is 428 g/mol. The molecule has 0 saturated carbocycles. The number of rotatable bonds is 3. The van der Waals surface area contributed by atoms with Crippen LogP contribution in [-0.2, 0) is 18.9 Å². The Labute approximate surface area is 170 Å². The Hall–Kier alpha value is -1.09. The second-order valence-corrected chi connectivity index (χ2v) is 22.0. The molecule has 1 heterocycles. The summed E-state index contributed by atoms with van der Waals surface area (Å²) in [4.78, 5) is 0. The van der Waals surface area contributed by atoms with Gasteiger partial charge in [-0.15, -0.1) is 0 Å². The summed E-state index contributed by atoms with van der Waals surface area (Å²) in [6, 6.07) is 9.48. The molecule has 0 saturated heterocycles. The maximum atomic E-state index is 2.50. The van der Waals surface area contributed by atoms with Crippen molar-refractivity contribution in [2.75, 3.05) is 0 Å². The fraction of sp³-hybridized carbons (Fsp3) is 0.560. The van der Waals surface area contributed by atoms with Crippen LogP contribution in [0, 0.1) is 12.3 Å². The Morgan fingerprint density at radius 3 is 1.96 bits per heavy atom. The van der Waals surface area contributed by atoms with E-state index in [4.69, 9.17) is 0 Å². The van der Waals surface area contributed by atoms with E-state index in [0.717, 1.165) is 6.42 Å². The average Bonchev–Trinajstić information content (AvgIpc) is 2.45. The van der Waals surface area contributed by atoms with Gasteiger partial charge in [0.15, 0.2) is 0 Å². The van der Waals surface area contributed by atoms with Crippen LogP contribution in [0.1, 0.15) is 58.2 Å². The molecule has 0 fully saturated rings. The van der Waals surface area contributed by atoms with Crippen molar-refractivity contribution in [1.29, 1.82) is 0 Å². The summed E-state index contributed by atoms with van der Waals surface area (Å²) in [6.45, 7) is 16.2. The van der Waals surface area contributed by atoms with Gasteiger partial charge < -0.3 is 0 Å². The Balaban J connectivity index is 2.66. The molecule has 0 spiro atoms. The minimum absolute atomic E-state index is 0.187. The van der Waals surface area contributed by atoms with Crippen molar-refractivity contribution in [3.8, 4) is 11.3 Å². The van der Waals surface area contributed by atoms with Crippen molar-refractivity contribution in [2.24, 2.45) is 12.5 Å². The number of benzene rings is 1. The molecule has 0 bridgehead atoms. The topological polar surface area (TPSA) is 3.88 Å². The van der Waals surface area contributed by atoms with E-state index in [-0.39, 0.29) is 5.41 Å². The minimum atomic E-state index is -1.94. The maximum absolute atomic E-state index is 2.50. The molecule has 1 aromatic carbocycles. The van der Waals surface area contributed by atoms with Crippen LogP contribution in [0.2, 0.25) is 17.3 Å². The molecule has 2 aromatic rings. The summed E-state index contributed by atoms with van der Waals surface area (Å²) >= 11 is -1.94. The Morgan fingerprint density at radius 2 is 1.52 bits per heavy atom. The summed E-state index contributed by atoms with van der Waals surface area (Å²) < 4.78 is 4.00. The molecule has 1 nitrogen and oxygen atoms in total. The summed E-state index contributed by atoms with van der Waals surface area (Å²) in [7, 11) is 2.21. The summed E-state index contributed by atoms with van der Waals surface area (Å²) in [5.41, 5.74) is 7.50. The number of pyridine rings is 1. The Bertz CT molecular complexity index is 827. The van der Waals surface area contributed by atoms with E-state index in [0.29, 0.717) is 5.41 Å². The molecule has 2 heteroatoms. The standard InChI is InChI=1S/C25H40GeN/c1-18-14-20(25(5,6)7)12-13-21(18)23-15-19(16-24(2,3)4)22(17-27(23)11)26(8,9)10/h12-15,17H,16H2,1-11H3/q+1. The van der Waals surface area contributed by atoms with Crippen LogP contribution >= 0.6 is 0 Å². The fourth-order valence-electron chi connectivity index (χ4n) is 3.77. The molecule has 0 aliphatic rings. The predicted molar refractivity (Wildman–Crippen MR) is 123 cm³/mol. The average molecular weight is 427 g/mol. The second-order valence-electron chi connectivity index (χ2n) is 11.5. The second kappa shape index (κ2) is 7.39. The number of nitrogens with zero attached hydrogens (tertiary/aromatic N) is 1. The van der Waals surface area contributed by atoms with Crippen LogP contribution in [0.25, 0.3) is 11.3 Å². The SMILES string of the molecule is Cc1cc(C(C)(C)C)ccc1-c1cc(CC(C)(C)C)[c]([Ge]([CH3])([CH3])[CH3])c[n+]1C. The molecule has 0 N–H and O–H groups in total. The first-order valence-electron chi connectivity index (χ1n) is 10.2. The third-order valence-electron chi connectivity index (χ3n) is 5.26. The molecule has 0 radical (unpaired) electrons. The fourth-order valence-corrected chi connectivity index (χ4v) is 7.35. The summed E-state index contributed by atoms with van der Waals surface area (Å²) in [6.07, 6.45) is 3.57. The van der Waals surface area contributed by atoms with Crippen molar-refractivity contribution in [1.82, 2.24) is 0 Å². The van der Waals surface area contributed by atoms with E-state index in [1.807, 2.05) is 0 Å². The summed E-state index contributed by atoms with van der Waals surface area (Å²) in [5, 5.41) is 0. The normalized spacial score (nSPS) is 13.1. The van der Waals surface area contributed by atoms with Crippen molar-refractivity contribution in [2.45, 2.75) is 77.6 Å². The predicted octanol–water partition coefficient (Wildman–Crippen LogP) is 5.92. The van der Waals surface area contributed by atoms with Crippen LogP contribution in [-0.4, -0.2) is 13.3 Å². The van der Waals surface area contributed by atoms with E-state index in [1.54, 1.807) is 9.96 Å². The Morgan fingerprint density at radius 1 is 0.926 bits per heavy atom. The molecule has 0 aliphatic carbocycles. The molecule has 1 aromatic heterocycles. The molecular weight excluding hydrogens is 387 g/mol. The first kappa shape index (κ1) is 22.2. The van der Waals surface area contributed by atoms with Gasteiger partial charge in [0.1, 0.15) is 0 Å². The van der Waals surface area contributed by atoms with E-state index in [9.17, 15) is 0 Å². The third-order valence-corrected chi connectivity index (χ3v) is 9.59. The van der Waals surface area contributed by atoms with Gasteiger partial charge in [0.2, 0.25) is 0 Å². The van der Waals surface area contributed by atoms with Crippen molar-refractivity contribution in [3.63, 3.8) is 0 Å². The first-order valence-corrected chi connectivity index (χ1v) is 17.6. The van der Waals surface area contributed by atoms with Crippen molar-refractivity contribution in [3.05, 3.63) is 47.2 Å². The van der Waals surface area contributed by atoms with Gasteiger partial charge in [-0.1, -0.05) is 0 Å². The molecule has 0 aliphatic heterocycles. The van der Waals surface area contributed by atoms with Crippen LogP contribution in [0.5, 0.6) is 0 Å². The zero-order valence-corrected chi connectivity index (χ0v) is 21.6. The van der Waals surface area contributed by atoms with Crippen LogP contribution in [0.3, 0.4) is 0 Å². The van der Waals surface area contributed by atoms with Crippen LogP contribution < -0.4 is 8.96 Å². The van der Waals surface area contributed by atoms with E-state index in [1.165, 1.54) is 22.4 Å². The van der Waals surface area contributed by atoms with Crippen molar-refractivity contribution < 1.29 is 4.57 Å². The Kier molecular flexibility index (Phi) is 6.08. The van der Waals surface area contributed by atoms with Crippen molar-refractivity contribution >= 4 is 17.7 Å². The van der Waals surface area contributed by atoms with Gasteiger partial charge in [-0.25, -0.2) is 0 Å². The van der Waals surface area contributed by atoms with Gasteiger partial charge >= 0.3 is 171 Å². The van der Waals surface area contributed by atoms with E-state index in [2.05, 4.69) is 108 Å². The number of aromatic nitrogens is 1. The molecule has 27 heavy (non-hydrogen) atoms. The first-order chi connectivity index (χ1) is 12.1. The summed E-state index contributed by atoms with van der Waals surface area (Å²) in [5.74, 6) is 7.51. The van der Waals surface area contributed by atoms with Crippen LogP contribution in [0.4, 0.5) is 0 Å². The van der Waals surface area contributed by atoms with Gasteiger partial charge in [-0.2, -0.15) is 0 Å². The molecule has 148 valence electrons. The van der Waals surface area contributed by atoms with Gasteiger partial charge in [0, 0.05) is 0 Å². The zero-order chi connectivity index (χ0) is 20.8. The van der Waals surface area contributed by atoms with Gasteiger partial charge in [0.25, 0.3) is 0 Å². The van der Waals surface area contributed by atoms with Gasteiger partial charge in [0.05, 0.1) is 0 Å². The van der Waals surface area contributed by atoms with Gasteiger partial charge in [-0.3, -0.25) is 0 Å². The zero-order valence-electron chi connectivity index (χ0n) is 19.5. The number of aryl methyl sites for hydroxylation is 2.